The number of anilines is 1. The van der Waals surface area contributed by atoms with Crippen LogP contribution in [0, 0.1) is 0 Å². The number of benzene rings is 1. The van der Waals surface area contributed by atoms with Crippen LogP contribution in [0.4, 0.5) is 5.95 Å². The first kappa shape index (κ1) is 12.4. The number of ether oxygens (including phenoxy) is 3. The highest BCUT2D eigenvalue weighted by Crippen LogP contribution is 2.40. The van der Waals surface area contributed by atoms with Gasteiger partial charge in [-0.2, -0.15) is 9.36 Å². The minimum atomic E-state index is 0.242. The molecule has 6 nitrogen and oxygen atoms in total. The number of aromatic nitrogens is 2. The van der Waals surface area contributed by atoms with Gasteiger partial charge in [0.1, 0.15) is 10.8 Å². The smallest absolute Gasteiger partial charge is 0.232 e. The molecule has 7 heteroatoms. The van der Waals surface area contributed by atoms with Gasteiger partial charge >= 0.3 is 0 Å². The molecule has 0 unspecified atom stereocenters. The molecule has 0 radical (unpaired) electrons. The van der Waals surface area contributed by atoms with Gasteiger partial charge in [-0.25, -0.2) is 0 Å². The molecule has 0 fully saturated rings. The molecule has 2 rings (SSSR count). The summed E-state index contributed by atoms with van der Waals surface area (Å²) in [6, 6.07) is 3.53. The average molecular weight is 267 g/mol. The van der Waals surface area contributed by atoms with Gasteiger partial charge in [0.2, 0.25) is 5.95 Å². The molecule has 0 aliphatic carbocycles. The SMILES string of the molecule is COc1cc(OC)c(-c2nc(N)ns2)cc1OC. The Kier molecular flexibility index (Phi) is 3.52. The standard InChI is InChI=1S/C11H13N3O3S/c1-15-7-5-9(17-3)8(16-2)4-6(7)10-13-11(12)14-18-10/h4-5H,1-3H3,(H2,12,14). The largest absolute Gasteiger partial charge is 0.496 e. The fourth-order valence-electron chi connectivity index (χ4n) is 1.54. The van der Waals surface area contributed by atoms with E-state index in [0.29, 0.717) is 22.3 Å². The number of nitrogens with two attached hydrogens (primary N) is 1. The van der Waals surface area contributed by atoms with Crippen molar-refractivity contribution in [3.05, 3.63) is 12.1 Å². The zero-order chi connectivity index (χ0) is 13.1. The second kappa shape index (κ2) is 5.09. The predicted molar refractivity (Wildman–Crippen MR) is 69.4 cm³/mol. The summed E-state index contributed by atoms with van der Waals surface area (Å²) >= 11 is 1.20. The molecule has 96 valence electrons. The van der Waals surface area contributed by atoms with E-state index in [9.17, 15) is 0 Å². The Morgan fingerprint density at radius 2 is 1.61 bits per heavy atom. The molecule has 0 aliphatic rings. The minimum Gasteiger partial charge on any atom is -0.496 e. The van der Waals surface area contributed by atoms with E-state index >= 15 is 0 Å². The van der Waals surface area contributed by atoms with Crippen LogP contribution in [0.3, 0.4) is 0 Å². The van der Waals surface area contributed by atoms with Crippen molar-refractivity contribution in [2.75, 3.05) is 27.1 Å². The Morgan fingerprint density at radius 3 is 2.11 bits per heavy atom. The van der Waals surface area contributed by atoms with Crippen LogP contribution in [0.5, 0.6) is 17.2 Å². The summed E-state index contributed by atoms with van der Waals surface area (Å²) in [5.41, 5.74) is 6.29. The lowest BCUT2D eigenvalue weighted by Crippen LogP contribution is -1.95. The van der Waals surface area contributed by atoms with Gasteiger partial charge in [0.05, 0.1) is 26.9 Å². The molecule has 0 atom stereocenters. The topological polar surface area (TPSA) is 79.5 Å². The second-order valence-corrected chi connectivity index (χ2v) is 4.12. The van der Waals surface area contributed by atoms with Gasteiger partial charge in [-0.3, -0.25) is 0 Å². The third-order valence-electron chi connectivity index (χ3n) is 2.38. The first-order valence-electron chi connectivity index (χ1n) is 5.09. The number of hydrogen-bond acceptors (Lipinski definition) is 7. The summed E-state index contributed by atoms with van der Waals surface area (Å²) in [5, 5.41) is 0.672. The van der Waals surface area contributed by atoms with E-state index in [2.05, 4.69) is 9.36 Å². The first-order chi connectivity index (χ1) is 8.69. The zero-order valence-electron chi connectivity index (χ0n) is 10.3. The highest BCUT2D eigenvalue weighted by molar-refractivity contribution is 7.09. The average Bonchev–Trinajstić information content (AvgIpc) is 2.83. The van der Waals surface area contributed by atoms with Gasteiger partial charge in [-0.05, 0) is 17.6 Å². The highest BCUT2D eigenvalue weighted by Gasteiger charge is 2.16. The van der Waals surface area contributed by atoms with Crippen molar-refractivity contribution in [2.45, 2.75) is 0 Å². The molecule has 0 amide bonds. The second-order valence-electron chi connectivity index (χ2n) is 3.37. The minimum absolute atomic E-state index is 0.242. The summed E-state index contributed by atoms with van der Waals surface area (Å²) in [6.45, 7) is 0. The van der Waals surface area contributed by atoms with Gasteiger partial charge in [0.15, 0.2) is 11.5 Å². The Morgan fingerprint density at radius 1 is 1.00 bits per heavy atom. The molecule has 0 spiro atoms. The number of rotatable bonds is 4. The number of nitrogen functional groups attached to an aromatic ring is 1. The van der Waals surface area contributed by atoms with E-state index in [0.717, 1.165) is 5.56 Å². The molecule has 18 heavy (non-hydrogen) atoms. The predicted octanol–water partition coefficient (Wildman–Crippen LogP) is 1.81. The lowest BCUT2D eigenvalue weighted by Gasteiger charge is -2.12. The van der Waals surface area contributed by atoms with E-state index in [-0.39, 0.29) is 5.95 Å². The van der Waals surface area contributed by atoms with Crippen LogP contribution in [-0.2, 0) is 0 Å². The lowest BCUT2D eigenvalue weighted by molar-refractivity contribution is 0.349. The molecule has 0 bridgehead atoms. The van der Waals surface area contributed by atoms with E-state index < -0.39 is 0 Å². The molecular weight excluding hydrogens is 254 g/mol. The molecule has 2 aromatic rings. The Balaban J connectivity index is 2.58. The molecule has 2 N–H and O–H groups in total. The van der Waals surface area contributed by atoms with Gasteiger partial charge in [-0.1, -0.05) is 0 Å². The van der Waals surface area contributed by atoms with Crippen LogP contribution in [0.2, 0.25) is 0 Å². The van der Waals surface area contributed by atoms with Crippen molar-refractivity contribution < 1.29 is 14.2 Å². The normalized spacial score (nSPS) is 10.2. The van der Waals surface area contributed by atoms with Crippen molar-refractivity contribution in [3.63, 3.8) is 0 Å². The summed E-state index contributed by atoms with van der Waals surface area (Å²) < 4.78 is 19.7. The quantitative estimate of drug-likeness (QED) is 0.910. The fourth-order valence-corrected chi connectivity index (χ4v) is 2.15. The van der Waals surface area contributed by atoms with E-state index in [4.69, 9.17) is 19.9 Å². The lowest BCUT2D eigenvalue weighted by atomic mass is 10.2. The van der Waals surface area contributed by atoms with E-state index in [1.807, 2.05) is 0 Å². The van der Waals surface area contributed by atoms with Crippen molar-refractivity contribution in [1.82, 2.24) is 9.36 Å². The molecular formula is C11H13N3O3S. The van der Waals surface area contributed by atoms with Crippen LogP contribution < -0.4 is 19.9 Å². The zero-order valence-corrected chi connectivity index (χ0v) is 11.1. The van der Waals surface area contributed by atoms with Crippen molar-refractivity contribution in [3.8, 4) is 27.8 Å². The Labute approximate surface area is 108 Å². The third-order valence-corrected chi connectivity index (χ3v) is 3.14. The Hall–Kier alpha value is -2.02. The van der Waals surface area contributed by atoms with Crippen LogP contribution in [-0.4, -0.2) is 30.7 Å². The van der Waals surface area contributed by atoms with Gasteiger partial charge in [-0.15, -0.1) is 0 Å². The Bertz CT molecular complexity index is 556. The van der Waals surface area contributed by atoms with Crippen LogP contribution in [0.1, 0.15) is 0 Å². The summed E-state index contributed by atoms with van der Waals surface area (Å²) in [5.74, 6) is 2.06. The van der Waals surface area contributed by atoms with Crippen LogP contribution >= 0.6 is 11.5 Å². The summed E-state index contributed by atoms with van der Waals surface area (Å²) in [4.78, 5) is 4.13. The molecule has 0 saturated heterocycles. The highest BCUT2D eigenvalue weighted by atomic mass is 32.1. The monoisotopic (exact) mass is 267 g/mol. The van der Waals surface area contributed by atoms with Crippen LogP contribution in [0.25, 0.3) is 10.6 Å². The van der Waals surface area contributed by atoms with Gasteiger partial charge in [0, 0.05) is 6.07 Å². The van der Waals surface area contributed by atoms with Gasteiger partial charge < -0.3 is 19.9 Å². The number of methoxy groups -OCH3 is 3. The molecule has 0 saturated carbocycles. The molecule has 0 aliphatic heterocycles. The van der Waals surface area contributed by atoms with E-state index in [1.165, 1.54) is 11.5 Å². The van der Waals surface area contributed by atoms with Crippen molar-refractivity contribution >= 4 is 17.5 Å². The first-order valence-corrected chi connectivity index (χ1v) is 5.86. The number of hydrogen-bond donors (Lipinski definition) is 1. The molecule has 1 aromatic carbocycles. The van der Waals surface area contributed by atoms with Crippen molar-refractivity contribution in [2.24, 2.45) is 0 Å². The summed E-state index contributed by atoms with van der Waals surface area (Å²) in [7, 11) is 4.72. The van der Waals surface area contributed by atoms with Gasteiger partial charge in [0.25, 0.3) is 0 Å². The summed E-state index contributed by atoms with van der Waals surface area (Å²) in [6.07, 6.45) is 0. The molecule has 1 aromatic heterocycles. The van der Waals surface area contributed by atoms with Crippen LogP contribution in [0.15, 0.2) is 12.1 Å². The van der Waals surface area contributed by atoms with E-state index in [1.54, 1.807) is 33.5 Å². The third kappa shape index (κ3) is 2.17. The maximum atomic E-state index is 5.53. The molecule has 1 heterocycles. The maximum absolute atomic E-state index is 5.53. The fraction of sp³-hybridized carbons (Fsp3) is 0.273. The van der Waals surface area contributed by atoms with Crippen molar-refractivity contribution in [1.29, 1.82) is 0 Å². The number of nitrogens with zero attached hydrogens (tertiary/aromatic N) is 2. The maximum Gasteiger partial charge on any atom is 0.232 e.